The highest BCUT2D eigenvalue weighted by Gasteiger charge is 2.06. The molecule has 136 valence electrons. The summed E-state index contributed by atoms with van der Waals surface area (Å²) in [6, 6.07) is 4.50. The third-order valence-electron chi connectivity index (χ3n) is 3.29. The molecule has 3 N–H and O–H groups in total. The van der Waals surface area contributed by atoms with Crippen LogP contribution in [0.4, 0.5) is 0 Å². The van der Waals surface area contributed by atoms with E-state index in [2.05, 4.69) is 15.3 Å². The van der Waals surface area contributed by atoms with Gasteiger partial charge in [-0.2, -0.15) is 0 Å². The molecule has 0 fully saturated rings. The normalized spacial score (nSPS) is 9.92. The Hall–Kier alpha value is -2.93. The Labute approximate surface area is 145 Å². The SMILES string of the molecule is [N-]=[N+]=NCCCOC(=O)CCCC(=O)NCCc1ccc(O)c(O)c1. The van der Waals surface area contributed by atoms with Crippen LogP contribution in [-0.2, 0) is 20.7 Å². The van der Waals surface area contributed by atoms with Crippen molar-refractivity contribution in [2.24, 2.45) is 5.11 Å². The lowest BCUT2D eigenvalue weighted by Gasteiger charge is -2.07. The molecule has 0 aromatic heterocycles. The fourth-order valence-corrected chi connectivity index (χ4v) is 1.99. The summed E-state index contributed by atoms with van der Waals surface area (Å²) in [5.74, 6) is -0.924. The number of carbonyl (C=O) groups is 2. The fourth-order valence-electron chi connectivity index (χ4n) is 1.99. The number of hydrogen-bond donors (Lipinski definition) is 3. The molecule has 0 saturated heterocycles. The molecule has 0 unspecified atom stereocenters. The maximum absolute atomic E-state index is 11.7. The van der Waals surface area contributed by atoms with Crippen molar-refractivity contribution in [2.45, 2.75) is 32.1 Å². The second-order valence-electron chi connectivity index (χ2n) is 5.31. The third-order valence-corrected chi connectivity index (χ3v) is 3.29. The van der Waals surface area contributed by atoms with Crippen molar-refractivity contribution in [3.05, 3.63) is 34.2 Å². The summed E-state index contributed by atoms with van der Waals surface area (Å²) in [6.07, 6.45) is 1.76. The summed E-state index contributed by atoms with van der Waals surface area (Å²) in [6.45, 7) is 0.876. The first-order valence-corrected chi connectivity index (χ1v) is 7.97. The molecule has 0 radical (unpaired) electrons. The Morgan fingerprint density at radius 3 is 2.72 bits per heavy atom. The van der Waals surface area contributed by atoms with E-state index < -0.39 is 0 Å². The van der Waals surface area contributed by atoms with Gasteiger partial charge >= 0.3 is 5.97 Å². The standard InChI is InChI=1S/C16H22N4O5/c17-20-19-8-2-10-25-16(24)4-1-3-15(23)18-9-7-12-5-6-13(21)14(22)11-12/h5-6,11,21-22H,1-4,7-10H2,(H,18,23). The van der Waals surface area contributed by atoms with E-state index >= 15 is 0 Å². The third kappa shape index (κ3) is 9.07. The molecule has 25 heavy (non-hydrogen) atoms. The molecule has 0 aliphatic rings. The molecule has 0 aliphatic carbocycles. The highest BCUT2D eigenvalue weighted by Crippen LogP contribution is 2.24. The number of hydrogen-bond acceptors (Lipinski definition) is 6. The van der Waals surface area contributed by atoms with Crippen LogP contribution in [0, 0.1) is 0 Å². The number of amides is 1. The van der Waals surface area contributed by atoms with Gasteiger partial charge < -0.3 is 20.3 Å². The Balaban J connectivity index is 2.09. The second-order valence-corrected chi connectivity index (χ2v) is 5.31. The minimum atomic E-state index is -0.381. The monoisotopic (exact) mass is 350 g/mol. The quantitative estimate of drug-likeness (QED) is 0.140. The number of nitrogens with one attached hydrogen (secondary N) is 1. The zero-order chi connectivity index (χ0) is 18.5. The molecule has 1 aromatic carbocycles. The summed E-state index contributed by atoms with van der Waals surface area (Å²) in [7, 11) is 0. The fraction of sp³-hybridized carbons (Fsp3) is 0.500. The summed E-state index contributed by atoms with van der Waals surface area (Å²) in [5.41, 5.74) is 8.88. The topological polar surface area (TPSA) is 145 Å². The molecule has 9 heteroatoms. The van der Waals surface area contributed by atoms with Gasteiger partial charge in [-0.15, -0.1) is 0 Å². The number of ether oxygens (including phenoxy) is 1. The van der Waals surface area contributed by atoms with E-state index in [9.17, 15) is 19.8 Å². The Morgan fingerprint density at radius 2 is 2.00 bits per heavy atom. The van der Waals surface area contributed by atoms with Crippen molar-refractivity contribution in [2.75, 3.05) is 19.7 Å². The van der Waals surface area contributed by atoms with Gasteiger partial charge in [-0.1, -0.05) is 11.2 Å². The largest absolute Gasteiger partial charge is 0.504 e. The van der Waals surface area contributed by atoms with Gasteiger partial charge in [-0.3, -0.25) is 9.59 Å². The molecular formula is C16H22N4O5. The van der Waals surface area contributed by atoms with E-state index in [4.69, 9.17) is 10.3 Å². The predicted molar refractivity (Wildman–Crippen MR) is 89.9 cm³/mol. The van der Waals surface area contributed by atoms with Crippen molar-refractivity contribution in [3.8, 4) is 11.5 Å². The predicted octanol–water partition coefficient (Wildman–Crippen LogP) is 2.17. The lowest BCUT2D eigenvalue weighted by molar-refractivity contribution is -0.143. The molecule has 0 bridgehead atoms. The highest BCUT2D eigenvalue weighted by atomic mass is 16.5. The molecule has 0 atom stereocenters. The Bertz CT molecular complexity index is 629. The maximum Gasteiger partial charge on any atom is 0.305 e. The molecule has 0 saturated carbocycles. The molecule has 0 spiro atoms. The van der Waals surface area contributed by atoms with Gasteiger partial charge in [0.1, 0.15) is 0 Å². The minimum Gasteiger partial charge on any atom is -0.504 e. The van der Waals surface area contributed by atoms with Crippen LogP contribution in [0.1, 0.15) is 31.2 Å². The Morgan fingerprint density at radius 1 is 1.20 bits per heavy atom. The van der Waals surface area contributed by atoms with Gasteiger partial charge in [0.15, 0.2) is 11.5 Å². The second kappa shape index (κ2) is 11.6. The number of azide groups is 1. The smallest absolute Gasteiger partial charge is 0.305 e. The molecule has 9 nitrogen and oxygen atoms in total. The van der Waals surface area contributed by atoms with Crippen molar-refractivity contribution < 1.29 is 24.5 Å². The van der Waals surface area contributed by atoms with Gasteiger partial charge in [-0.05, 0) is 42.5 Å². The average Bonchev–Trinajstić information content (AvgIpc) is 2.58. The molecular weight excluding hydrogens is 328 g/mol. The highest BCUT2D eigenvalue weighted by molar-refractivity contribution is 5.77. The first kappa shape index (κ1) is 20.1. The van der Waals surface area contributed by atoms with Gasteiger partial charge in [0.2, 0.25) is 5.91 Å². The molecule has 0 aliphatic heterocycles. The zero-order valence-corrected chi connectivity index (χ0v) is 13.8. The summed E-state index contributed by atoms with van der Waals surface area (Å²) in [5, 5.41) is 24.6. The van der Waals surface area contributed by atoms with Gasteiger partial charge in [0.05, 0.1) is 6.61 Å². The van der Waals surface area contributed by atoms with E-state index in [1.165, 1.54) is 12.1 Å². The van der Waals surface area contributed by atoms with E-state index in [1.807, 2.05) is 0 Å². The number of phenolic OH excluding ortho intramolecular Hbond substituents is 2. The number of nitrogens with zero attached hydrogens (tertiary/aromatic N) is 3. The molecule has 0 heterocycles. The van der Waals surface area contributed by atoms with Crippen molar-refractivity contribution >= 4 is 11.9 Å². The minimum absolute atomic E-state index is 0.154. The summed E-state index contributed by atoms with van der Waals surface area (Å²) >= 11 is 0. The van der Waals surface area contributed by atoms with Crippen LogP contribution in [0.5, 0.6) is 11.5 Å². The van der Waals surface area contributed by atoms with Crippen molar-refractivity contribution in [1.29, 1.82) is 0 Å². The number of phenols is 2. The number of carbonyl (C=O) groups excluding carboxylic acids is 2. The van der Waals surface area contributed by atoms with Crippen LogP contribution in [0.25, 0.3) is 10.4 Å². The van der Waals surface area contributed by atoms with Gasteiger partial charge in [0.25, 0.3) is 0 Å². The first-order valence-electron chi connectivity index (χ1n) is 7.97. The van der Waals surface area contributed by atoms with Gasteiger partial charge in [0, 0.05) is 30.8 Å². The van der Waals surface area contributed by atoms with Crippen LogP contribution in [0.3, 0.4) is 0 Å². The van der Waals surface area contributed by atoms with E-state index in [1.54, 1.807) is 6.07 Å². The Kier molecular flexibility index (Phi) is 9.32. The number of aromatic hydroxyl groups is 2. The number of rotatable bonds is 11. The van der Waals surface area contributed by atoms with Gasteiger partial charge in [-0.25, -0.2) is 0 Å². The van der Waals surface area contributed by atoms with E-state index in [0.717, 1.165) is 5.56 Å². The van der Waals surface area contributed by atoms with Crippen LogP contribution in [-0.4, -0.2) is 41.8 Å². The zero-order valence-electron chi connectivity index (χ0n) is 13.8. The molecule has 1 amide bonds. The lowest BCUT2D eigenvalue weighted by atomic mass is 10.1. The number of esters is 1. The average molecular weight is 350 g/mol. The van der Waals surface area contributed by atoms with E-state index in [-0.39, 0.29) is 49.4 Å². The summed E-state index contributed by atoms with van der Waals surface area (Å²) in [4.78, 5) is 25.7. The van der Waals surface area contributed by atoms with Crippen LogP contribution in [0.15, 0.2) is 23.3 Å². The first-order chi connectivity index (χ1) is 12.0. The van der Waals surface area contributed by atoms with E-state index in [0.29, 0.717) is 25.8 Å². The van der Waals surface area contributed by atoms with Crippen LogP contribution >= 0.6 is 0 Å². The van der Waals surface area contributed by atoms with Crippen molar-refractivity contribution in [3.63, 3.8) is 0 Å². The van der Waals surface area contributed by atoms with Crippen molar-refractivity contribution in [1.82, 2.24) is 5.32 Å². The van der Waals surface area contributed by atoms with Crippen LogP contribution in [0.2, 0.25) is 0 Å². The number of benzene rings is 1. The van der Waals surface area contributed by atoms with Crippen LogP contribution < -0.4 is 5.32 Å². The lowest BCUT2D eigenvalue weighted by Crippen LogP contribution is -2.25. The summed E-state index contributed by atoms with van der Waals surface area (Å²) < 4.78 is 4.93. The maximum atomic E-state index is 11.7. The molecule has 1 rings (SSSR count). The molecule has 1 aromatic rings.